The lowest BCUT2D eigenvalue weighted by atomic mass is 9.81. The molecule has 4 heteroatoms. The lowest BCUT2D eigenvalue weighted by Gasteiger charge is -2.26. The fraction of sp³-hybridized carbons (Fsp3) is 0.692. The average molecular weight is 237 g/mol. The van der Waals surface area contributed by atoms with Crippen LogP contribution in [0.3, 0.4) is 0 Å². The van der Waals surface area contributed by atoms with E-state index < -0.39 is 5.97 Å². The van der Waals surface area contributed by atoms with Crippen LogP contribution in [0.4, 0.5) is 0 Å². The first-order valence-corrected chi connectivity index (χ1v) is 6.01. The molecule has 1 unspecified atom stereocenters. The Labute approximate surface area is 102 Å². The lowest BCUT2D eigenvalue weighted by Crippen LogP contribution is -2.39. The second kappa shape index (κ2) is 6.29. The molecule has 1 amide bonds. The molecule has 0 aromatic heterocycles. The minimum atomic E-state index is -0.746. The third kappa shape index (κ3) is 4.10. The third-order valence-corrected chi connectivity index (χ3v) is 3.26. The number of carbonyl (C=O) groups excluding carboxylic acids is 1. The number of carboxylic acids is 1. The van der Waals surface area contributed by atoms with E-state index in [0.717, 1.165) is 0 Å². The number of aliphatic carboxylic acids is 1. The van der Waals surface area contributed by atoms with Gasteiger partial charge in [0.2, 0.25) is 5.91 Å². The van der Waals surface area contributed by atoms with Crippen LogP contribution in [0.2, 0.25) is 0 Å². The van der Waals surface area contributed by atoms with Gasteiger partial charge in [-0.25, -0.2) is 0 Å². The molecule has 0 aromatic rings. The van der Waals surface area contributed by atoms with Gasteiger partial charge in [0.05, 0.1) is 5.92 Å². The van der Waals surface area contributed by atoms with E-state index in [1.165, 1.54) is 0 Å². The van der Waals surface area contributed by atoms with Crippen molar-refractivity contribution in [2.75, 3.05) is 0 Å². The molecular weight excluding hydrogens is 218 g/mol. The van der Waals surface area contributed by atoms with Gasteiger partial charge in [-0.05, 0) is 32.6 Å². The zero-order chi connectivity index (χ0) is 12.8. The quantitative estimate of drug-likeness (QED) is 0.726. The summed E-state index contributed by atoms with van der Waals surface area (Å²) in [4.78, 5) is 22.6. The maximum absolute atomic E-state index is 11.8. The zero-order valence-electron chi connectivity index (χ0n) is 10.1. The first-order chi connectivity index (χ1) is 8.04. The standard InChI is InChI=1S/C13H19NO3/c1-3-4-9(2)14-12(15)10-5-7-11(8-6-10)13(16)17/h1,9-11H,4-8H2,2H3,(H,14,15)(H,16,17). The number of amides is 1. The molecule has 17 heavy (non-hydrogen) atoms. The molecule has 1 rings (SSSR count). The first-order valence-electron chi connectivity index (χ1n) is 6.01. The van der Waals surface area contributed by atoms with Crippen molar-refractivity contribution in [3.8, 4) is 12.3 Å². The predicted molar refractivity (Wildman–Crippen MR) is 64.1 cm³/mol. The van der Waals surface area contributed by atoms with E-state index in [1.54, 1.807) is 0 Å². The van der Waals surface area contributed by atoms with E-state index in [4.69, 9.17) is 11.5 Å². The van der Waals surface area contributed by atoms with Crippen molar-refractivity contribution in [2.24, 2.45) is 11.8 Å². The summed E-state index contributed by atoms with van der Waals surface area (Å²) in [6, 6.07) is -0.00954. The van der Waals surface area contributed by atoms with Crippen molar-refractivity contribution in [2.45, 2.75) is 45.1 Å². The molecule has 1 aliphatic carbocycles. The Morgan fingerprint density at radius 1 is 1.35 bits per heavy atom. The molecule has 0 aliphatic heterocycles. The number of terminal acetylenes is 1. The summed E-state index contributed by atoms with van der Waals surface area (Å²) in [6.45, 7) is 1.88. The molecule has 1 aliphatic rings. The Bertz CT molecular complexity index is 324. The summed E-state index contributed by atoms with van der Waals surface area (Å²) in [6.07, 6.45) is 8.20. The normalized spacial score (nSPS) is 25.6. The number of rotatable bonds is 4. The molecule has 0 saturated heterocycles. The van der Waals surface area contributed by atoms with Gasteiger partial charge in [-0.2, -0.15) is 0 Å². The Hall–Kier alpha value is -1.50. The Morgan fingerprint density at radius 3 is 2.35 bits per heavy atom. The minimum Gasteiger partial charge on any atom is -0.481 e. The van der Waals surface area contributed by atoms with Crippen LogP contribution in [0.15, 0.2) is 0 Å². The number of hydrogen-bond acceptors (Lipinski definition) is 2. The molecule has 1 atom stereocenters. The zero-order valence-corrected chi connectivity index (χ0v) is 10.1. The van der Waals surface area contributed by atoms with Crippen molar-refractivity contribution in [3.63, 3.8) is 0 Å². The van der Waals surface area contributed by atoms with E-state index >= 15 is 0 Å². The van der Waals surface area contributed by atoms with Gasteiger partial charge < -0.3 is 10.4 Å². The van der Waals surface area contributed by atoms with Gasteiger partial charge in [-0.3, -0.25) is 9.59 Å². The van der Waals surface area contributed by atoms with Crippen LogP contribution in [0.25, 0.3) is 0 Å². The van der Waals surface area contributed by atoms with E-state index in [2.05, 4.69) is 11.2 Å². The van der Waals surface area contributed by atoms with E-state index in [1.807, 2.05) is 6.92 Å². The van der Waals surface area contributed by atoms with E-state index in [0.29, 0.717) is 32.1 Å². The molecule has 1 saturated carbocycles. The van der Waals surface area contributed by atoms with Gasteiger partial charge in [0.1, 0.15) is 0 Å². The lowest BCUT2D eigenvalue weighted by molar-refractivity contribution is -0.144. The first kappa shape index (κ1) is 13.6. The van der Waals surface area contributed by atoms with Gasteiger partial charge >= 0.3 is 5.97 Å². The highest BCUT2D eigenvalue weighted by Gasteiger charge is 2.29. The summed E-state index contributed by atoms with van der Waals surface area (Å²) >= 11 is 0. The molecule has 0 spiro atoms. The number of hydrogen-bond donors (Lipinski definition) is 2. The van der Waals surface area contributed by atoms with Crippen LogP contribution in [-0.4, -0.2) is 23.0 Å². The molecule has 2 N–H and O–H groups in total. The summed E-state index contributed by atoms with van der Waals surface area (Å²) in [7, 11) is 0. The summed E-state index contributed by atoms with van der Waals surface area (Å²) in [5, 5.41) is 11.7. The molecule has 4 nitrogen and oxygen atoms in total. The molecule has 0 radical (unpaired) electrons. The fourth-order valence-electron chi connectivity index (χ4n) is 2.19. The molecule has 0 aromatic carbocycles. The van der Waals surface area contributed by atoms with Crippen LogP contribution >= 0.6 is 0 Å². The van der Waals surface area contributed by atoms with Crippen LogP contribution in [0.5, 0.6) is 0 Å². The Morgan fingerprint density at radius 2 is 1.88 bits per heavy atom. The highest BCUT2D eigenvalue weighted by Crippen LogP contribution is 2.29. The van der Waals surface area contributed by atoms with Gasteiger partial charge in [0.25, 0.3) is 0 Å². The predicted octanol–water partition coefficient (Wildman–Crippen LogP) is 1.41. The topological polar surface area (TPSA) is 66.4 Å². The van der Waals surface area contributed by atoms with Crippen molar-refractivity contribution in [1.29, 1.82) is 0 Å². The van der Waals surface area contributed by atoms with Gasteiger partial charge in [0.15, 0.2) is 0 Å². The molecule has 0 heterocycles. The van der Waals surface area contributed by atoms with Gasteiger partial charge in [0, 0.05) is 18.4 Å². The van der Waals surface area contributed by atoms with E-state index in [-0.39, 0.29) is 23.8 Å². The Balaban J connectivity index is 2.36. The van der Waals surface area contributed by atoms with Gasteiger partial charge in [-0.15, -0.1) is 12.3 Å². The van der Waals surface area contributed by atoms with Crippen molar-refractivity contribution in [1.82, 2.24) is 5.32 Å². The number of carboxylic acid groups (broad SMARTS) is 1. The smallest absolute Gasteiger partial charge is 0.306 e. The maximum Gasteiger partial charge on any atom is 0.306 e. The second-order valence-electron chi connectivity index (χ2n) is 4.70. The second-order valence-corrected chi connectivity index (χ2v) is 4.70. The molecule has 0 bridgehead atoms. The summed E-state index contributed by atoms with van der Waals surface area (Å²) < 4.78 is 0. The fourth-order valence-corrected chi connectivity index (χ4v) is 2.19. The minimum absolute atomic E-state index is 0.00954. The average Bonchev–Trinajstić information content (AvgIpc) is 2.29. The monoisotopic (exact) mass is 237 g/mol. The molecular formula is C13H19NO3. The summed E-state index contributed by atoms with van der Waals surface area (Å²) in [5.74, 6) is 1.44. The van der Waals surface area contributed by atoms with Crippen LogP contribution < -0.4 is 5.32 Å². The van der Waals surface area contributed by atoms with Crippen molar-refractivity contribution in [3.05, 3.63) is 0 Å². The van der Waals surface area contributed by atoms with Crippen molar-refractivity contribution >= 4 is 11.9 Å². The van der Waals surface area contributed by atoms with E-state index in [9.17, 15) is 9.59 Å². The van der Waals surface area contributed by atoms with Crippen molar-refractivity contribution < 1.29 is 14.7 Å². The number of carbonyl (C=O) groups is 2. The highest BCUT2D eigenvalue weighted by atomic mass is 16.4. The number of nitrogens with one attached hydrogen (secondary N) is 1. The Kier molecular flexibility index (Phi) is 5.02. The molecule has 1 fully saturated rings. The maximum atomic E-state index is 11.8. The largest absolute Gasteiger partial charge is 0.481 e. The third-order valence-electron chi connectivity index (χ3n) is 3.26. The SMILES string of the molecule is C#CCC(C)NC(=O)C1CCC(C(=O)O)CC1. The van der Waals surface area contributed by atoms with Crippen LogP contribution in [-0.2, 0) is 9.59 Å². The summed E-state index contributed by atoms with van der Waals surface area (Å²) in [5.41, 5.74) is 0. The van der Waals surface area contributed by atoms with Crippen LogP contribution in [0, 0.1) is 24.2 Å². The van der Waals surface area contributed by atoms with Gasteiger partial charge in [-0.1, -0.05) is 0 Å². The van der Waals surface area contributed by atoms with Crippen LogP contribution in [0.1, 0.15) is 39.0 Å². The highest BCUT2D eigenvalue weighted by molar-refractivity contribution is 5.79. The molecule has 94 valence electrons.